The number of nitrogens with zero attached hydrogens (tertiary/aromatic N) is 2. The number of aromatic nitrogens is 2. The molecule has 0 bridgehead atoms. The zero-order chi connectivity index (χ0) is 24.1. The van der Waals surface area contributed by atoms with Crippen LogP contribution < -0.4 is 16.4 Å². The molecule has 0 aliphatic heterocycles. The lowest BCUT2D eigenvalue weighted by Crippen LogP contribution is -2.22. The van der Waals surface area contributed by atoms with Crippen molar-refractivity contribution in [2.75, 3.05) is 17.7 Å². The molecule has 5 nitrogen and oxygen atoms in total. The van der Waals surface area contributed by atoms with Crippen molar-refractivity contribution in [3.8, 4) is 11.1 Å². The van der Waals surface area contributed by atoms with Gasteiger partial charge in [-0.1, -0.05) is 56.8 Å². The van der Waals surface area contributed by atoms with Crippen LogP contribution >= 0.6 is 11.6 Å². The molecule has 7 heteroatoms. The van der Waals surface area contributed by atoms with Crippen LogP contribution in [-0.2, 0) is 6.54 Å². The number of benzene rings is 1. The van der Waals surface area contributed by atoms with Crippen LogP contribution in [-0.4, -0.2) is 23.1 Å². The van der Waals surface area contributed by atoms with Crippen LogP contribution in [0.1, 0.15) is 51.5 Å². The quantitative estimate of drug-likeness (QED) is 0.364. The van der Waals surface area contributed by atoms with Gasteiger partial charge < -0.3 is 16.4 Å². The fourth-order valence-corrected chi connectivity index (χ4v) is 3.94. The van der Waals surface area contributed by atoms with E-state index in [1.54, 1.807) is 24.7 Å². The largest absolute Gasteiger partial charge is 0.380 e. The van der Waals surface area contributed by atoms with Gasteiger partial charge in [-0.15, -0.1) is 0 Å². The maximum Gasteiger partial charge on any atom is 0.126 e. The van der Waals surface area contributed by atoms with Gasteiger partial charge in [0.2, 0.25) is 0 Å². The van der Waals surface area contributed by atoms with E-state index < -0.39 is 0 Å². The van der Waals surface area contributed by atoms with Crippen molar-refractivity contribution >= 4 is 23.1 Å². The van der Waals surface area contributed by atoms with Gasteiger partial charge in [0.15, 0.2) is 0 Å². The molecule has 1 aromatic carbocycles. The normalized spacial score (nSPS) is 13.2. The molecule has 3 aromatic rings. The standard InChI is InChI=1S/C23H24ClFN4.C2H6.CH5N/c24-22-15-28-23(29-19-7-2-1-3-8-19)11-21(22)17-10-20(14-26-13-17)27-12-16-5-4-6-18(25)9-16;2*1-2/h4-6,9-11,13-15,19,27H,1-3,7-8,12H2,(H,28,29);1-2H3;2H2,1H3. The summed E-state index contributed by atoms with van der Waals surface area (Å²) >= 11 is 6.44. The van der Waals surface area contributed by atoms with Crippen molar-refractivity contribution in [2.24, 2.45) is 5.73 Å². The van der Waals surface area contributed by atoms with Crippen molar-refractivity contribution in [3.63, 3.8) is 0 Å². The fraction of sp³-hybridized carbons (Fsp3) is 0.385. The summed E-state index contributed by atoms with van der Waals surface area (Å²) in [5.41, 5.74) is 8.02. The van der Waals surface area contributed by atoms with E-state index in [2.05, 4.69) is 26.3 Å². The molecule has 1 saturated carbocycles. The summed E-state index contributed by atoms with van der Waals surface area (Å²) in [7, 11) is 1.50. The molecule has 0 radical (unpaired) electrons. The first-order chi connectivity index (χ1) is 16.2. The number of hydrogen-bond donors (Lipinski definition) is 3. The third-order valence-electron chi connectivity index (χ3n) is 5.25. The van der Waals surface area contributed by atoms with Gasteiger partial charge in [0.1, 0.15) is 11.6 Å². The molecule has 0 atom stereocenters. The lowest BCUT2D eigenvalue weighted by Gasteiger charge is -2.23. The molecule has 1 aliphatic carbocycles. The van der Waals surface area contributed by atoms with E-state index in [9.17, 15) is 4.39 Å². The van der Waals surface area contributed by atoms with E-state index >= 15 is 0 Å². The molecule has 2 aromatic heterocycles. The average molecular weight is 472 g/mol. The minimum absolute atomic E-state index is 0.238. The Bertz CT molecular complexity index is 976. The van der Waals surface area contributed by atoms with Gasteiger partial charge >= 0.3 is 0 Å². The lowest BCUT2D eigenvalue weighted by atomic mass is 9.95. The van der Waals surface area contributed by atoms with Gasteiger partial charge in [-0.3, -0.25) is 4.98 Å². The predicted molar refractivity (Wildman–Crippen MR) is 138 cm³/mol. The van der Waals surface area contributed by atoms with Crippen LogP contribution in [0.15, 0.2) is 55.0 Å². The van der Waals surface area contributed by atoms with E-state index in [1.807, 2.05) is 32.0 Å². The Hall–Kier alpha value is -2.70. The third-order valence-corrected chi connectivity index (χ3v) is 5.55. The second-order valence-corrected chi connectivity index (χ2v) is 7.88. The van der Waals surface area contributed by atoms with Crippen LogP contribution in [0.3, 0.4) is 0 Å². The van der Waals surface area contributed by atoms with Crippen LogP contribution in [0.25, 0.3) is 11.1 Å². The third kappa shape index (κ3) is 8.30. The van der Waals surface area contributed by atoms with Crippen LogP contribution in [0.4, 0.5) is 15.9 Å². The van der Waals surface area contributed by atoms with Crippen LogP contribution in [0, 0.1) is 5.82 Å². The molecule has 1 aliphatic rings. The van der Waals surface area contributed by atoms with E-state index in [0.717, 1.165) is 28.2 Å². The first kappa shape index (κ1) is 26.6. The Kier molecular flexibility index (Phi) is 11.6. The molecule has 0 amide bonds. The summed E-state index contributed by atoms with van der Waals surface area (Å²) in [5, 5.41) is 7.42. The number of rotatable bonds is 6. The summed E-state index contributed by atoms with van der Waals surface area (Å²) in [6, 6.07) is 11.0. The van der Waals surface area contributed by atoms with Crippen molar-refractivity contribution in [1.82, 2.24) is 9.97 Å². The van der Waals surface area contributed by atoms with E-state index in [-0.39, 0.29) is 5.82 Å². The van der Waals surface area contributed by atoms with Crippen molar-refractivity contribution in [3.05, 3.63) is 71.4 Å². The zero-order valence-corrected chi connectivity index (χ0v) is 20.5. The minimum atomic E-state index is -0.238. The molecular formula is C26H35ClFN5. The molecule has 4 N–H and O–H groups in total. The number of anilines is 2. The predicted octanol–water partition coefficient (Wildman–Crippen LogP) is 6.89. The number of halogens is 2. The van der Waals surface area contributed by atoms with Gasteiger partial charge in [-0.05, 0) is 49.7 Å². The highest BCUT2D eigenvalue weighted by Crippen LogP contribution is 2.31. The molecule has 2 heterocycles. The van der Waals surface area contributed by atoms with Crippen molar-refractivity contribution in [2.45, 2.75) is 58.5 Å². The molecule has 0 saturated heterocycles. The second kappa shape index (κ2) is 14.4. The Morgan fingerprint density at radius 1 is 1.03 bits per heavy atom. The van der Waals surface area contributed by atoms with E-state index in [1.165, 1.54) is 51.3 Å². The highest BCUT2D eigenvalue weighted by atomic mass is 35.5. The van der Waals surface area contributed by atoms with Crippen LogP contribution in [0.2, 0.25) is 5.02 Å². The molecule has 178 valence electrons. The summed E-state index contributed by atoms with van der Waals surface area (Å²) in [6.07, 6.45) is 11.4. The first-order valence-electron chi connectivity index (χ1n) is 11.6. The van der Waals surface area contributed by atoms with Gasteiger partial charge in [0.05, 0.1) is 10.7 Å². The van der Waals surface area contributed by atoms with Gasteiger partial charge in [-0.2, -0.15) is 0 Å². The first-order valence-corrected chi connectivity index (χ1v) is 12.0. The number of hydrogen-bond acceptors (Lipinski definition) is 5. The highest BCUT2D eigenvalue weighted by Gasteiger charge is 2.15. The summed E-state index contributed by atoms with van der Waals surface area (Å²) in [6.45, 7) is 4.52. The van der Waals surface area contributed by atoms with E-state index in [4.69, 9.17) is 11.6 Å². The van der Waals surface area contributed by atoms with Crippen LogP contribution in [0.5, 0.6) is 0 Å². The number of nitrogens with one attached hydrogen (secondary N) is 2. The minimum Gasteiger partial charge on any atom is -0.380 e. The molecular weight excluding hydrogens is 437 g/mol. The Balaban J connectivity index is 0.000000914. The van der Waals surface area contributed by atoms with Crippen molar-refractivity contribution in [1.29, 1.82) is 0 Å². The highest BCUT2D eigenvalue weighted by molar-refractivity contribution is 6.33. The summed E-state index contributed by atoms with van der Waals surface area (Å²) in [5.74, 6) is 0.604. The zero-order valence-electron chi connectivity index (χ0n) is 19.7. The van der Waals surface area contributed by atoms with Crippen molar-refractivity contribution < 1.29 is 4.39 Å². The average Bonchev–Trinajstić information content (AvgIpc) is 2.87. The topological polar surface area (TPSA) is 75.9 Å². The molecule has 0 unspecified atom stereocenters. The lowest BCUT2D eigenvalue weighted by molar-refractivity contribution is 0.462. The monoisotopic (exact) mass is 471 g/mol. The van der Waals surface area contributed by atoms with Gasteiger partial charge in [-0.25, -0.2) is 9.37 Å². The molecule has 1 fully saturated rings. The maximum absolute atomic E-state index is 13.4. The van der Waals surface area contributed by atoms with Gasteiger partial charge in [0, 0.05) is 42.3 Å². The molecule has 0 spiro atoms. The van der Waals surface area contributed by atoms with E-state index in [0.29, 0.717) is 17.6 Å². The smallest absolute Gasteiger partial charge is 0.126 e. The second-order valence-electron chi connectivity index (χ2n) is 7.47. The summed E-state index contributed by atoms with van der Waals surface area (Å²) in [4.78, 5) is 8.79. The summed E-state index contributed by atoms with van der Waals surface area (Å²) < 4.78 is 13.4. The number of pyridine rings is 2. The SMILES string of the molecule is CC.CN.Fc1cccc(CNc2cncc(-c3cc(NC4CCCCC4)ncc3Cl)c2)c1. The Labute approximate surface area is 202 Å². The molecule has 33 heavy (non-hydrogen) atoms. The fourth-order valence-electron chi connectivity index (χ4n) is 3.73. The maximum atomic E-state index is 13.4. The number of nitrogens with two attached hydrogens (primary N) is 1. The molecule has 4 rings (SSSR count). The van der Waals surface area contributed by atoms with Gasteiger partial charge in [0.25, 0.3) is 0 Å². The Morgan fingerprint density at radius 3 is 2.52 bits per heavy atom. The Morgan fingerprint density at radius 2 is 1.79 bits per heavy atom.